The molecule has 0 radical (unpaired) electrons. The van der Waals surface area contributed by atoms with E-state index >= 15 is 0 Å². The largest absolute Gasteiger partial charge is 0.417 e. The van der Waals surface area contributed by atoms with Gasteiger partial charge in [-0.15, -0.1) is 0 Å². The van der Waals surface area contributed by atoms with Crippen LogP contribution < -0.4 is 0 Å². The van der Waals surface area contributed by atoms with Crippen molar-refractivity contribution in [2.24, 2.45) is 0 Å². The number of rotatable bonds is 2. The maximum absolute atomic E-state index is 12.7. The maximum atomic E-state index is 12.7. The molecule has 0 amide bonds. The van der Waals surface area contributed by atoms with Gasteiger partial charge in [-0.2, -0.15) is 30.2 Å². The minimum atomic E-state index is -4.72. The third-order valence-electron chi connectivity index (χ3n) is 4.29. The summed E-state index contributed by atoms with van der Waals surface area (Å²) < 4.78 is 65.5. The lowest BCUT2D eigenvalue weighted by molar-refractivity contribution is -0.270. The summed E-state index contributed by atoms with van der Waals surface area (Å²) in [6, 6.07) is 0. The summed E-state index contributed by atoms with van der Waals surface area (Å²) in [6.45, 7) is 0.244. The highest BCUT2D eigenvalue weighted by Crippen LogP contribution is 2.39. The molecule has 0 saturated carbocycles. The van der Waals surface area contributed by atoms with Crippen LogP contribution in [0.4, 0.5) is 13.2 Å². The van der Waals surface area contributed by atoms with E-state index in [0.29, 0.717) is 13.1 Å². The minimum Gasteiger partial charge on any atom is -0.380 e. The average molecular weight is 330 g/mol. The molecule has 124 valence electrons. The Morgan fingerprint density at radius 1 is 0.857 bits per heavy atom. The van der Waals surface area contributed by atoms with Crippen LogP contribution in [0.3, 0.4) is 0 Å². The van der Waals surface area contributed by atoms with Crippen LogP contribution >= 0.6 is 0 Å². The van der Waals surface area contributed by atoms with Gasteiger partial charge in [-0.1, -0.05) is 12.8 Å². The normalized spacial score (nSPS) is 26.5. The molecule has 1 N–H and O–H groups in total. The number of halogens is 3. The second kappa shape index (κ2) is 6.02. The molecule has 5 nitrogen and oxygen atoms in total. The molecule has 0 aliphatic carbocycles. The Balaban J connectivity index is 2.03. The summed E-state index contributed by atoms with van der Waals surface area (Å²) in [5, 5.41) is 9.59. The van der Waals surface area contributed by atoms with Gasteiger partial charge in [-0.05, 0) is 25.7 Å². The van der Waals surface area contributed by atoms with Crippen LogP contribution in [-0.2, 0) is 10.2 Å². The molecular formula is C12H21F3N2O3S. The second-order valence-electron chi connectivity index (χ2n) is 5.75. The summed E-state index contributed by atoms with van der Waals surface area (Å²) in [7, 11) is -3.72. The van der Waals surface area contributed by atoms with Crippen molar-refractivity contribution in [3.8, 4) is 0 Å². The standard InChI is InChI=1S/C12H21F3N2O3S/c13-12(14,15)11(18)5-9-17(10-6-11)21(19,20)16-7-3-1-2-4-8-16/h18H,1-10H2. The minimum absolute atomic E-state index is 0.297. The lowest BCUT2D eigenvalue weighted by atomic mass is 9.92. The first kappa shape index (κ1) is 17.0. The van der Waals surface area contributed by atoms with Gasteiger partial charge in [0, 0.05) is 26.2 Å². The van der Waals surface area contributed by atoms with Crippen LogP contribution in [0.1, 0.15) is 38.5 Å². The zero-order chi connectivity index (χ0) is 15.7. The molecule has 2 rings (SSSR count). The van der Waals surface area contributed by atoms with Crippen molar-refractivity contribution in [3.63, 3.8) is 0 Å². The molecule has 0 unspecified atom stereocenters. The van der Waals surface area contributed by atoms with E-state index in [-0.39, 0.29) is 13.1 Å². The topological polar surface area (TPSA) is 60.9 Å². The summed E-state index contributed by atoms with van der Waals surface area (Å²) >= 11 is 0. The number of alkyl halides is 3. The third kappa shape index (κ3) is 3.52. The molecule has 0 spiro atoms. The Kier molecular flexibility index (Phi) is 4.87. The number of hydrogen-bond acceptors (Lipinski definition) is 3. The van der Waals surface area contributed by atoms with Crippen molar-refractivity contribution in [1.82, 2.24) is 8.61 Å². The number of nitrogens with zero attached hydrogens (tertiary/aromatic N) is 2. The Morgan fingerprint density at radius 2 is 1.29 bits per heavy atom. The lowest BCUT2D eigenvalue weighted by Gasteiger charge is -2.39. The van der Waals surface area contributed by atoms with Gasteiger partial charge in [0.1, 0.15) is 0 Å². The Morgan fingerprint density at radius 3 is 1.71 bits per heavy atom. The summed E-state index contributed by atoms with van der Waals surface area (Å²) in [4.78, 5) is 0. The van der Waals surface area contributed by atoms with Gasteiger partial charge in [0.05, 0.1) is 0 Å². The van der Waals surface area contributed by atoms with E-state index in [4.69, 9.17) is 0 Å². The van der Waals surface area contributed by atoms with Crippen LogP contribution in [0, 0.1) is 0 Å². The zero-order valence-electron chi connectivity index (χ0n) is 11.8. The van der Waals surface area contributed by atoms with Crippen molar-refractivity contribution in [2.45, 2.75) is 50.3 Å². The van der Waals surface area contributed by atoms with Crippen molar-refractivity contribution in [3.05, 3.63) is 0 Å². The van der Waals surface area contributed by atoms with E-state index in [9.17, 15) is 26.7 Å². The molecule has 2 aliphatic heterocycles. The number of aliphatic hydroxyl groups is 1. The van der Waals surface area contributed by atoms with Gasteiger partial charge in [0.25, 0.3) is 10.2 Å². The van der Waals surface area contributed by atoms with E-state index in [0.717, 1.165) is 30.0 Å². The van der Waals surface area contributed by atoms with E-state index in [1.165, 1.54) is 4.31 Å². The first-order valence-electron chi connectivity index (χ1n) is 7.21. The quantitative estimate of drug-likeness (QED) is 0.835. The second-order valence-corrected chi connectivity index (χ2v) is 7.68. The highest BCUT2D eigenvalue weighted by molar-refractivity contribution is 7.86. The molecule has 2 fully saturated rings. The average Bonchev–Trinajstić information content (AvgIpc) is 2.67. The van der Waals surface area contributed by atoms with E-state index in [1.54, 1.807) is 0 Å². The predicted octanol–water partition coefficient (Wildman–Crippen LogP) is 1.50. The van der Waals surface area contributed by atoms with E-state index in [1.807, 2.05) is 0 Å². The van der Waals surface area contributed by atoms with Crippen LogP contribution in [-0.4, -0.2) is 60.1 Å². The van der Waals surface area contributed by atoms with Crippen LogP contribution in [0.25, 0.3) is 0 Å². The zero-order valence-corrected chi connectivity index (χ0v) is 12.6. The Bertz CT molecular complexity index is 451. The fourth-order valence-electron chi connectivity index (χ4n) is 2.81. The molecule has 2 aliphatic rings. The SMILES string of the molecule is O=S(=O)(N1CCCCCC1)N1CCC(O)(C(F)(F)F)CC1. The van der Waals surface area contributed by atoms with Gasteiger partial charge >= 0.3 is 6.18 Å². The molecule has 2 heterocycles. The molecule has 0 atom stereocenters. The van der Waals surface area contributed by atoms with Crippen molar-refractivity contribution in [1.29, 1.82) is 0 Å². The molecule has 9 heteroatoms. The van der Waals surface area contributed by atoms with Crippen LogP contribution in [0.15, 0.2) is 0 Å². The predicted molar refractivity (Wildman–Crippen MR) is 70.8 cm³/mol. The van der Waals surface area contributed by atoms with Crippen LogP contribution in [0.5, 0.6) is 0 Å². The third-order valence-corrected chi connectivity index (χ3v) is 6.33. The summed E-state index contributed by atoms with van der Waals surface area (Å²) in [6.07, 6.45) is -2.43. The monoisotopic (exact) mass is 330 g/mol. The fourth-order valence-corrected chi connectivity index (χ4v) is 4.50. The van der Waals surface area contributed by atoms with E-state index < -0.39 is 34.8 Å². The van der Waals surface area contributed by atoms with Gasteiger partial charge in [-0.3, -0.25) is 0 Å². The lowest BCUT2D eigenvalue weighted by Crippen LogP contribution is -2.56. The van der Waals surface area contributed by atoms with E-state index in [2.05, 4.69) is 0 Å². The van der Waals surface area contributed by atoms with Crippen LogP contribution in [0.2, 0.25) is 0 Å². The Hall–Kier alpha value is -0.380. The summed E-state index contributed by atoms with van der Waals surface area (Å²) in [5.41, 5.74) is -2.77. The number of piperidine rings is 1. The maximum Gasteiger partial charge on any atom is 0.417 e. The Labute approximate surface area is 122 Å². The first-order chi connectivity index (χ1) is 9.67. The van der Waals surface area contributed by atoms with Crippen molar-refractivity contribution < 1.29 is 26.7 Å². The molecule has 0 aromatic rings. The molecule has 0 aromatic heterocycles. The van der Waals surface area contributed by atoms with Crippen molar-refractivity contribution >= 4 is 10.2 Å². The summed E-state index contributed by atoms with van der Waals surface area (Å²) in [5.74, 6) is 0. The fraction of sp³-hybridized carbons (Fsp3) is 1.00. The van der Waals surface area contributed by atoms with Gasteiger partial charge in [-0.25, -0.2) is 0 Å². The molecule has 0 aromatic carbocycles. The van der Waals surface area contributed by atoms with Crippen molar-refractivity contribution in [2.75, 3.05) is 26.2 Å². The van der Waals surface area contributed by atoms with Gasteiger partial charge in [0.15, 0.2) is 5.60 Å². The highest BCUT2D eigenvalue weighted by Gasteiger charge is 2.55. The molecule has 2 saturated heterocycles. The number of hydrogen-bond donors (Lipinski definition) is 1. The smallest absolute Gasteiger partial charge is 0.380 e. The molecule has 0 bridgehead atoms. The molecular weight excluding hydrogens is 309 g/mol. The molecule has 21 heavy (non-hydrogen) atoms. The highest BCUT2D eigenvalue weighted by atomic mass is 32.2. The van der Waals surface area contributed by atoms with Gasteiger partial charge in [0.2, 0.25) is 0 Å². The first-order valence-corrected chi connectivity index (χ1v) is 8.61. The van der Waals surface area contributed by atoms with Gasteiger partial charge < -0.3 is 5.11 Å².